The Morgan fingerprint density at radius 3 is 1.74 bits per heavy atom. The zero-order chi connectivity index (χ0) is 19.4. The van der Waals surface area contributed by atoms with Crippen molar-refractivity contribution in [2.75, 3.05) is 0 Å². The van der Waals surface area contributed by atoms with E-state index in [9.17, 15) is 0 Å². The second-order valence-electron chi connectivity index (χ2n) is 7.86. The molecule has 0 unspecified atom stereocenters. The van der Waals surface area contributed by atoms with Crippen LogP contribution in [0.3, 0.4) is 0 Å². The summed E-state index contributed by atoms with van der Waals surface area (Å²) in [4.78, 5) is 1.60. The Morgan fingerprint density at radius 2 is 1.19 bits per heavy atom. The van der Waals surface area contributed by atoms with E-state index in [1.807, 2.05) is 3.58 Å². The van der Waals surface area contributed by atoms with Crippen LogP contribution in [0.4, 0.5) is 0 Å². The minimum absolute atomic E-state index is 1.09. The molecule has 0 amide bonds. The van der Waals surface area contributed by atoms with Crippen LogP contribution in [0.1, 0.15) is 64.9 Å². The molecule has 27 heavy (non-hydrogen) atoms. The summed E-state index contributed by atoms with van der Waals surface area (Å²) in [5.41, 5.74) is 1.44. The van der Waals surface area contributed by atoms with Crippen molar-refractivity contribution in [1.82, 2.24) is 0 Å². The SMILES string of the molecule is CCC[CH2][Sn]([CH2]CCC)([CH2]CCC)[c]1ccccc1SCc1ccccc1. The monoisotopic (exact) mass is 490 g/mol. The standard InChI is InChI=1S/C13H11S.3C4H9.Sn/c1-3-7-12(8-4-1)11-14-13-9-5-2-6-10-13;3*1-3-4-2;/h1-9H,11H2;3*1,3-4H2,2H3;. The first-order chi connectivity index (χ1) is 13.3. The van der Waals surface area contributed by atoms with Gasteiger partial charge < -0.3 is 0 Å². The van der Waals surface area contributed by atoms with E-state index in [1.54, 1.807) is 18.2 Å². The molecule has 2 heteroatoms. The minimum atomic E-state index is -2.36. The first-order valence-electron chi connectivity index (χ1n) is 11.0. The number of unbranched alkanes of at least 4 members (excludes halogenated alkanes) is 3. The van der Waals surface area contributed by atoms with Gasteiger partial charge in [0.2, 0.25) is 0 Å². The predicted octanol–water partition coefficient (Wildman–Crippen LogP) is 8.04. The van der Waals surface area contributed by atoms with Crippen LogP contribution >= 0.6 is 11.8 Å². The summed E-state index contributed by atoms with van der Waals surface area (Å²) in [7, 11) is 0. The zero-order valence-corrected chi connectivity index (χ0v) is 21.3. The molecule has 0 fully saturated rings. The normalized spacial score (nSPS) is 11.7. The second kappa shape index (κ2) is 12.9. The van der Waals surface area contributed by atoms with Crippen molar-refractivity contribution in [2.24, 2.45) is 0 Å². The predicted molar refractivity (Wildman–Crippen MR) is 127 cm³/mol. The molecular weight excluding hydrogens is 451 g/mol. The van der Waals surface area contributed by atoms with Gasteiger partial charge in [0.25, 0.3) is 0 Å². The average Bonchev–Trinajstić information content (AvgIpc) is 2.73. The fourth-order valence-corrected chi connectivity index (χ4v) is 23.4. The number of thioether (sulfide) groups is 1. The van der Waals surface area contributed by atoms with Crippen LogP contribution in [0.25, 0.3) is 0 Å². The Morgan fingerprint density at radius 1 is 0.667 bits per heavy atom. The van der Waals surface area contributed by atoms with E-state index in [2.05, 4.69) is 87.1 Å². The van der Waals surface area contributed by atoms with Gasteiger partial charge in [0.15, 0.2) is 0 Å². The van der Waals surface area contributed by atoms with Gasteiger partial charge >= 0.3 is 177 Å². The molecule has 0 aliphatic heterocycles. The van der Waals surface area contributed by atoms with E-state index >= 15 is 0 Å². The Balaban J connectivity index is 2.31. The summed E-state index contributed by atoms with van der Waals surface area (Å²) in [5.74, 6) is 1.09. The van der Waals surface area contributed by atoms with Gasteiger partial charge in [-0.15, -0.1) is 0 Å². The first-order valence-corrected chi connectivity index (χ1v) is 19.5. The van der Waals surface area contributed by atoms with Crippen LogP contribution in [0.15, 0.2) is 59.5 Å². The van der Waals surface area contributed by atoms with Crippen LogP contribution in [-0.4, -0.2) is 18.4 Å². The molecule has 0 saturated carbocycles. The summed E-state index contributed by atoms with van der Waals surface area (Å²) < 4.78 is 6.49. The van der Waals surface area contributed by atoms with Crippen LogP contribution in [-0.2, 0) is 5.75 Å². The summed E-state index contributed by atoms with van der Waals surface area (Å²) in [6, 6.07) is 20.5. The number of benzene rings is 2. The Hall–Kier alpha value is -0.411. The van der Waals surface area contributed by atoms with Crippen LogP contribution < -0.4 is 3.58 Å². The van der Waals surface area contributed by atoms with Crippen molar-refractivity contribution in [1.29, 1.82) is 0 Å². The third-order valence-electron chi connectivity index (χ3n) is 5.72. The molecule has 0 aromatic heterocycles. The van der Waals surface area contributed by atoms with Crippen molar-refractivity contribution >= 4 is 33.7 Å². The number of rotatable bonds is 13. The van der Waals surface area contributed by atoms with Crippen LogP contribution in [0.5, 0.6) is 0 Å². The molecule has 0 aliphatic rings. The Labute approximate surface area is 176 Å². The maximum absolute atomic E-state index is 2.53. The van der Waals surface area contributed by atoms with Gasteiger partial charge in [-0.05, 0) is 0 Å². The molecule has 2 aromatic rings. The quantitative estimate of drug-likeness (QED) is 0.203. The topological polar surface area (TPSA) is 0 Å². The van der Waals surface area contributed by atoms with Crippen molar-refractivity contribution < 1.29 is 0 Å². The Bertz CT molecular complexity index is 616. The van der Waals surface area contributed by atoms with Crippen LogP contribution in [0.2, 0.25) is 13.3 Å². The second-order valence-corrected chi connectivity index (χ2v) is 22.0. The molecular formula is C25H38SSn. The molecule has 0 radical (unpaired) electrons. The van der Waals surface area contributed by atoms with Gasteiger partial charge in [0.05, 0.1) is 0 Å². The van der Waals surface area contributed by atoms with Gasteiger partial charge in [-0.25, -0.2) is 0 Å². The van der Waals surface area contributed by atoms with Crippen molar-refractivity contribution in [3.8, 4) is 0 Å². The molecule has 0 nitrogen and oxygen atoms in total. The van der Waals surface area contributed by atoms with Crippen LogP contribution in [0, 0.1) is 0 Å². The van der Waals surface area contributed by atoms with Gasteiger partial charge in [0.1, 0.15) is 0 Å². The van der Waals surface area contributed by atoms with Gasteiger partial charge in [-0.2, -0.15) is 0 Å². The third-order valence-corrected chi connectivity index (χ3v) is 23.1. The van der Waals surface area contributed by atoms with E-state index in [4.69, 9.17) is 0 Å². The van der Waals surface area contributed by atoms with E-state index in [-0.39, 0.29) is 0 Å². The zero-order valence-electron chi connectivity index (χ0n) is 17.7. The molecule has 0 N–H and O–H groups in total. The van der Waals surface area contributed by atoms with Gasteiger partial charge in [0, 0.05) is 0 Å². The molecule has 148 valence electrons. The van der Waals surface area contributed by atoms with Crippen molar-refractivity contribution in [2.45, 2.75) is 83.3 Å². The summed E-state index contributed by atoms with van der Waals surface area (Å²) in [6.45, 7) is 7.10. The van der Waals surface area contributed by atoms with Crippen molar-refractivity contribution in [3.63, 3.8) is 0 Å². The summed E-state index contributed by atoms with van der Waals surface area (Å²) in [5, 5.41) is 0. The molecule has 0 saturated heterocycles. The molecule has 0 heterocycles. The fourth-order valence-electron chi connectivity index (χ4n) is 4.09. The fraction of sp³-hybridized carbons (Fsp3) is 0.520. The van der Waals surface area contributed by atoms with Gasteiger partial charge in [-0.3, -0.25) is 0 Å². The summed E-state index contributed by atoms with van der Waals surface area (Å²) >= 11 is -0.281. The molecule has 0 aliphatic carbocycles. The molecule has 2 rings (SSSR count). The molecule has 0 spiro atoms. The number of hydrogen-bond acceptors (Lipinski definition) is 1. The molecule has 2 aromatic carbocycles. The summed E-state index contributed by atoms with van der Waals surface area (Å²) in [6.07, 6.45) is 8.33. The molecule has 0 bridgehead atoms. The molecule has 0 atom stereocenters. The van der Waals surface area contributed by atoms with E-state index in [0.717, 1.165) is 5.75 Å². The van der Waals surface area contributed by atoms with E-state index in [0.29, 0.717) is 0 Å². The Kier molecular flexibility index (Phi) is 11.0. The maximum atomic E-state index is 2.53. The van der Waals surface area contributed by atoms with Gasteiger partial charge in [-0.1, -0.05) is 0 Å². The number of hydrogen-bond donors (Lipinski definition) is 0. The van der Waals surface area contributed by atoms with E-state index in [1.165, 1.54) is 44.1 Å². The third kappa shape index (κ3) is 7.16. The van der Waals surface area contributed by atoms with Crippen molar-refractivity contribution in [3.05, 3.63) is 60.2 Å². The average molecular weight is 489 g/mol. The first kappa shape index (κ1) is 22.9. The van der Waals surface area contributed by atoms with E-state index < -0.39 is 18.4 Å².